The molecule has 0 spiro atoms. The fourth-order valence-corrected chi connectivity index (χ4v) is 3.94. The number of rotatable bonds is 5. The van der Waals surface area contributed by atoms with Gasteiger partial charge in [-0.05, 0) is 30.3 Å². The monoisotopic (exact) mass is 474 g/mol. The number of aliphatic hydroxyl groups excluding tert-OH is 4. The van der Waals surface area contributed by atoms with Crippen LogP contribution in [-0.2, 0) is 4.74 Å². The van der Waals surface area contributed by atoms with E-state index in [9.17, 15) is 25.2 Å². The van der Waals surface area contributed by atoms with Crippen molar-refractivity contribution in [3.8, 4) is 34.3 Å². The van der Waals surface area contributed by atoms with Gasteiger partial charge in [0, 0.05) is 11.6 Å². The zero-order valence-corrected chi connectivity index (χ0v) is 17.9. The second-order valence-corrected chi connectivity index (χ2v) is 7.83. The molecule has 2 aliphatic heterocycles. The quantitative estimate of drug-likeness (QED) is 0.405. The van der Waals surface area contributed by atoms with Crippen LogP contribution in [0.15, 0.2) is 45.6 Å². The maximum absolute atomic E-state index is 13.1. The van der Waals surface area contributed by atoms with Crippen molar-refractivity contribution in [3.63, 3.8) is 0 Å². The van der Waals surface area contributed by atoms with Gasteiger partial charge in [-0.25, -0.2) is 0 Å². The molecule has 5 rings (SSSR count). The smallest absolute Gasteiger partial charge is 0.235 e. The van der Waals surface area contributed by atoms with Crippen LogP contribution in [0.2, 0.25) is 0 Å². The summed E-state index contributed by atoms with van der Waals surface area (Å²) >= 11 is 0. The highest BCUT2D eigenvalue weighted by Gasteiger charge is 2.44. The summed E-state index contributed by atoms with van der Waals surface area (Å²) in [5.74, 6) is 1.40. The molecule has 1 saturated heterocycles. The van der Waals surface area contributed by atoms with E-state index in [1.807, 2.05) is 0 Å². The Labute approximate surface area is 192 Å². The van der Waals surface area contributed by atoms with Gasteiger partial charge in [0.2, 0.25) is 24.3 Å². The van der Waals surface area contributed by atoms with Crippen molar-refractivity contribution in [1.29, 1.82) is 0 Å². The largest absolute Gasteiger partial charge is 0.490 e. The van der Waals surface area contributed by atoms with Crippen LogP contribution in [0.3, 0.4) is 0 Å². The first-order valence-electron chi connectivity index (χ1n) is 10.4. The van der Waals surface area contributed by atoms with Crippen LogP contribution in [0.25, 0.3) is 22.3 Å². The van der Waals surface area contributed by atoms with Crippen molar-refractivity contribution >= 4 is 11.0 Å². The van der Waals surface area contributed by atoms with Gasteiger partial charge >= 0.3 is 0 Å². The highest BCUT2D eigenvalue weighted by Crippen LogP contribution is 2.39. The number of fused-ring (bicyclic) bond motifs is 2. The van der Waals surface area contributed by atoms with E-state index < -0.39 is 42.7 Å². The summed E-state index contributed by atoms with van der Waals surface area (Å²) in [7, 11) is 1.37. The van der Waals surface area contributed by atoms with Crippen LogP contribution in [0, 0.1) is 0 Å². The fourth-order valence-electron chi connectivity index (χ4n) is 3.94. The number of benzene rings is 2. The van der Waals surface area contributed by atoms with Crippen LogP contribution < -0.4 is 24.4 Å². The Balaban J connectivity index is 1.52. The average Bonchev–Trinajstić information content (AvgIpc) is 3.32. The van der Waals surface area contributed by atoms with Crippen molar-refractivity contribution in [3.05, 3.63) is 46.6 Å². The number of methoxy groups -OCH3 is 1. The Morgan fingerprint density at radius 2 is 1.79 bits per heavy atom. The van der Waals surface area contributed by atoms with Crippen molar-refractivity contribution in [2.24, 2.45) is 0 Å². The molecule has 1 aromatic heterocycles. The van der Waals surface area contributed by atoms with Crippen LogP contribution >= 0.6 is 0 Å². The third kappa shape index (κ3) is 3.73. The van der Waals surface area contributed by atoms with E-state index >= 15 is 0 Å². The van der Waals surface area contributed by atoms with Gasteiger partial charge in [0.05, 0.1) is 19.1 Å². The Morgan fingerprint density at radius 1 is 1.00 bits per heavy atom. The molecule has 0 aliphatic carbocycles. The second kappa shape index (κ2) is 8.78. The summed E-state index contributed by atoms with van der Waals surface area (Å²) in [6, 6.07) is 9.42. The summed E-state index contributed by atoms with van der Waals surface area (Å²) < 4.78 is 33.1. The van der Waals surface area contributed by atoms with E-state index in [0.717, 1.165) is 0 Å². The molecular weight excluding hydrogens is 452 g/mol. The van der Waals surface area contributed by atoms with Gasteiger partial charge in [0.25, 0.3) is 0 Å². The lowest BCUT2D eigenvalue weighted by atomic mass is 9.99. The molecule has 5 atom stereocenters. The first-order chi connectivity index (χ1) is 16.4. The molecule has 0 unspecified atom stereocenters. The van der Waals surface area contributed by atoms with Gasteiger partial charge in [0.1, 0.15) is 35.7 Å². The number of aliphatic hydroxyl groups is 4. The first kappa shape index (κ1) is 22.4. The fraction of sp³-hybridized carbons (Fsp3) is 0.348. The predicted octanol–water partition coefficient (Wildman–Crippen LogP) is 0.376. The summed E-state index contributed by atoms with van der Waals surface area (Å²) in [5.41, 5.74) is 0.289. The minimum atomic E-state index is -1.59. The normalized spacial score (nSPS) is 26.0. The third-order valence-electron chi connectivity index (χ3n) is 5.76. The number of hydrogen-bond donors (Lipinski definition) is 4. The van der Waals surface area contributed by atoms with Gasteiger partial charge in [-0.15, -0.1) is 0 Å². The van der Waals surface area contributed by atoms with Crippen LogP contribution in [0.5, 0.6) is 23.0 Å². The standard InChI is InChI=1S/C23H22O11/c1-29-22-17(25)12-4-3-11(32-23-20(28)19(27)18(26)16(8-24)34-23)7-14(12)33-21(22)10-2-5-13-15(6-10)31-9-30-13/h2-7,16,18-20,23-24,26-28H,8-9H2,1H3/t16-,18-,19+,20+,23-/m0/s1. The molecule has 0 bridgehead atoms. The molecule has 3 aromatic rings. The Hall–Kier alpha value is -3.35. The van der Waals surface area contributed by atoms with Crippen molar-refractivity contribution in [1.82, 2.24) is 0 Å². The molecule has 11 nitrogen and oxygen atoms in total. The summed E-state index contributed by atoms with van der Waals surface area (Å²) in [5, 5.41) is 39.7. The molecule has 1 fully saturated rings. The maximum atomic E-state index is 13.1. The van der Waals surface area contributed by atoms with Crippen LogP contribution in [0.4, 0.5) is 0 Å². The molecule has 3 heterocycles. The van der Waals surface area contributed by atoms with E-state index in [1.165, 1.54) is 25.3 Å². The molecule has 0 amide bonds. The van der Waals surface area contributed by atoms with Gasteiger partial charge < -0.3 is 48.5 Å². The van der Waals surface area contributed by atoms with Gasteiger partial charge in [-0.2, -0.15) is 0 Å². The van der Waals surface area contributed by atoms with Gasteiger partial charge in [-0.3, -0.25) is 4.79 Å². The molecule has 180 valence electrons. The van der Waals surface area contributed by atoms with Crippen molar-refractivity contribution in [2.45, 2.75) is 30.7 Å². The van der Waals surface area contributed by atoms with Crippen molar-refractivity contribution in [2.75, 3.05) is 20.5 Å². The summed E-state index contributed by atoms with van der Waals surface area (Å²) in [6.45, 7) is -0.494. The minimum absolute atomic E-state index is 0.00830. The lowest BCUT2D eigenvalue weighted by Gasteiger charge is -2.39. The SMILES string of the molecule is COc1c(-c2ccc3c(c2)OCO3)oc2cc(O[C@H]3O[C@@H](CO)[C@H](O)[C@@H](O)[C@H]3O)ccc2c1=O. The molecule has 34 heavy (non-hydrogen) atoms. The zero-order chi connectivity index (χ0) is 24.0. The van der Waals surface area contributed by atoms with E-state index in [-0.39, 0.29) is 35.0 Å². The predicted molar refractivity (Wildman–Crippen MR) is 115 cm³/mol. The molecule has 0 saturated carbocycles. The first-order valence-corrected chi connectivity index (χ1v) is 10.4. The van der Waals surface area contributed by atoms with Gasteiger partial charge in [-0.1, -0.05) is 0 Å². The summed E-state index contributed by atoms with van der Waals surface area (Å²) in [6.07, 6.45) is -7.18. The average molecular weight is 474 g/mol. The molecule has 4 N–H and O–H groups in total. The third-order valence-corrected chi connectivity index (χ3v) is 5.76. The maximum Gasteiger partial charge on any atom is 0.235 e. The highest BCUT2D eigenvalue weighted by atomic mass is 16.7. The van der Waals surface area contributed by atoms with Crippen molar-refractivity contribution < 1.29 is 48.5 Å². The van der Waals surface area contributed by atoms with E-state index in [1.54, 1.807) is 18.2 Å². The van der Waals surface area contributed by atoms with Crippen LogP contribution in [-0.4, -0.2) is 71.6 Å². The Morgan fingerprint density at radius 3 is 2.56 bits per heavy atom. The van der Waals surface area contributed by atoms with Gasteiger partial charge in [0.15, 0.2) is 17.3 Å². The lowest BCUT2D eigenvalue weighted by molar-refractivity contribution is -0.277. The Bertz CT molecular complexity index is 1270. The topological polar surface area (TPSA) is 157 Å². The number of hydrogen-bond acceptors (Lipinski definition) is 11. The van der Waals surface area contributed by atoms with E-state index in [2.05, 4.69) is 0 Å². The molecule has 2 aromatic carbocycles. The van der Waals surface area contributed by atoms with E-state index in [0.29, 0.717) is 17.1 Å². The van der Waals surface area contributed by atoms with Crippen LogP contribution in [0.1, 0.15) is 0 Å². The number of ether oxygens (including phenoxy) is 5. The minimum Gasteiger partial charge on any atom is -0.490 e. The highest BCUT2D eigenvalue weighted by molar-refractivity contribution is 5.83. The molecule has 11 heteroatoms. The Kier molecular flexibility index (Phi) is 5.80. The lowest BCUT2D eigenvalue weighted by Crippen LogP contribution is -2.60. The zero-order valence-electron chi connectivity index (χ0n) is 17.9. The second-order valence-electron chi connectivity index (χ2n) is 7.83. The molecule has 2 aliphatic rings. The summed E-state index contributed by atoms with van der Waals surface area (Å²) in [4.78, 5) is 13.1. The molecular formula is C23H22O11. The van der Waals surface area contributed by atoms with E-state index in [4.69, 9.17) is 28.1 Å². The molecule has 0 radical (unpaired) electrons.